The summed E-state index contributed by atoms with van der Waals surface area (Å²) in [7, 11) is 0. The molecule has 1 aromatic rings. The lowest BCUT2D eigenvalue weighted by molar-refractivity contribution is -0.153. The maximum atomic E-state index is 12.5. The van der Waals surface area contributed by atoms with Crippen molar-refractivity contribution in [1.82, 2.24) is 4.90 Å². The van der Waals surface area contributed by atoms with Gasteiger partial charge in [0.05, 0.1) is 18.1 Å². The minimum absolute atomic E-state index is 0.0268. The number of likely N-dealkylation sites (tertiary alicyclic amines) is 1. The van der Waals surface area contributed by atoms with Crippen molar-refractivity contribution in [2.75, 3.05) is 13.2 Å². The summed E-state index contributed by atoms with van der Waals surface area (Å²) in [6.07, 6.45) is 3.60. The third kappa shape index (κ3) is 3.46. The minimum atomic E-state index is -0.829. The predicted molar refractivity (Wildman–Crippen MR) is 89.6 cm³/mol. The summed E-state index contributed by atoms with van der Waals surface area (Å²) < 4.78 is 5.68. The number of benzene rings is 1. The Morgan fingerprint density at radius 3 is 2.62 bits per heavy atom. The molecule has 3 atom stereocenters. The predicted octanol–water partition coefficient (Wildman–Crippen LogP) is 2.79. The Morgan fingerprint density at radius 1 is 1.29 bits per heavy atom. The van der Waals surface area contributed by atoms with E-state index in [4.69, 9.17) is 4.74 Å². The van der Waals surface area contributed by atoms with Gasteiger partial charge in [-0.2, -0.15) is 0 Å². The van der Waals surface area contributed by atoms with Gasteiger partial charge < -0.3 is 14.7 Å². The number of rotatable bonds is 5. The Balaban J connectivity index is 1.90. The Hall–Kier alpha value is -1.88. The third-order valence-corrected chi connectivity index (χ3v) is 5.18. The molecule has 130 valence electrons. The third-order valence-electron chi connectivity index (χ3n) is 5.18. The molecule has 5 heteroatoms. The van der Waals surface area contributed by atoms with E-state index in [9.17, 15) is 14.7 Å². The van der Waals surface area contributed by atoms with Gasteiger partial charge in [0.15, 0.2) is 0 Å². The lowest BCUT2D eigenvalue weighted by Gasteiger charge is -2.40. The molecule has 0 bridgehead atoms. The molecule has 1 N–H and O–H groups in total. The molecule has 2 aliphatic rings. The highest BCUT2D eigenvalue weighted by molar-refractivity contribution is 5.81. The first-order chi connectivity index (χ1) is 11.6. The molecule has 0 saturated carbocycles. The van der Waals surface area contributed by atoms with Crippen molar-refractivity contribution in [2.45, 2.75) is 51.2 Å². The zero-order valence-corrected chi connectivity index (χ0v) is 14.1. The first-order valence-corrected chi connectivity index (χ1v) is 8.83. The van der Waals surface area contributed by atoms with Crippen molar-refractivity contribution < 1.29 is 19.4 Å². The molecular formula is C19H25NO4. The smallest absolute Gasteiger partial charge is 0.308 e. The number of carboxylic acid groups (broad SMARTS) is 1. The number of nitrogens with zero attached hydrogens (tertiary/aromatic N) is 1. The fraction of sp³-hybridized carbons (Fsp3) is 0.579. The number of carbonyl (C=O) groups is 2. The monoisotopic (exact) mass is 331 g/mol. The number of ether oxygens (including phenoxy) is 1. The van der Waals surface area contributed by atoms with E-state index in [1.54, 1.807) is 4.90 Å². The van der Waals surface area contributed by atoms with Crippen LogP contribution in [0, 0.1) is 5.92 Å². The molecule has 0 unspecified atom stereocenters. The van der Waals surface area contributed by atoms with Crippen molar-refractivity contribution in [3.63, 3.8) is 0 Å². The highest BCUT2D eigenvalue weighted by Gasteiger charge is 2.41. The molecule has 2 heterocycles. The Kier molecular flexibility index (Phi) is 5.19. The summed E-state index contributed by atoms with van der Waals surface area (Å²) in [5.74, 6) is -1.35. The number of hydrogen-bond acceptors (Lipinski definition) is 3. The lowest BCUT2D eigenvalue weighted by Crippen LogP contribution is -2.48. The molecule has 0 aromatic heterocycles. The Labute approximate surface area is 142 Å². The van der Waals surface area contributed by atoms with Gasteiger partial charge in [-0.15, -0.1) is 0 Å². The van der Waals surface area contributed by atoms with E-state index >= 15 is 0 Å². The average Bonchev–Trinajstić information content (AvgIpc) is 3.09. The van der Waals surface area contributed by atoms with Crippen molar-refractivity contribution in [2.24, 2.45) is 5.92 Å². The van der Waals surface area contributed by atoms with Crippen LogP contribution in [0.3, 0.4) is 0 Å². The molecular weight excluding hydrogens is 306 g/mol. The maximum Gasteiger partial charge on any atom is 0.308 e. The molecule has 2 aliphatic heterocycles. The zero-order valence-electron chi connectivity index (χ0n) is 14.1. The fourth-order valence-corrected chi connectivity index (χ4v) is 3.80. The molecule has 0 spiro atoms. The zero-order chi connectivity index (χ0) is 17.1. The molecule has 1 amide bonds. The van der Waals surface area contributed by atoms with Crippen LogP contribution in [0.15, 0.2) is 24.3 Å². The highest BCUT2D eigenvalue weighted by atomic mass is 16.5. The highest BCUT2D eigenvalue weighted by Crippen LogP contribution is 2.37. The number of hydrogen-bond donors (Lipinski definition) is 1. The normalized spacial score (nSPS) is 27.5. The van der Waals surface area contributed by atoms with Crippen LogP contribution in [0.5, 0.6) is 0 Å². The number of carboxylic acids is 1. The quantitative estimate of drug-likeness (QED) is 0.901. The van der Waals surface area contributed by atoms with E-state index < -0.39 is 17.9 Å². The van der Waals surface area contributed by atoms with Gasteiger partial charge in [0.1, 0.15) is 0 Å². The summed E-state index contributed by atoms with van der Waals surface area (Å²) in [6, 6.07) is 7.59. The van der Waals surface area contributed by atoms with Gasteiger partial charge >= 0.3 is 5.97 Å². The Morgan fingerprint density at radius 2 is 2.04 bits per heavy atom. The molecule has 1 aromatic carbocycles. The average molecular weight is 331 g/mol. The van der Waals surface area contributed by atoms with Gasteiger partial charge in [0.25, 0.3) is 0 Å². The molecule has 3 rings (SSSR count). The maximum absolute atomic E-state index is 12.5. The second-order valence-electron chi connectivity index (χ2n) is 6.70. The van der Waals surface area contributed by atoms with Gasteiger partial charge in [-0.3, -0.25) is 9.59 Å². The summed E-state index contributed by atoms with van der Waals surface area (Å²) in [6.45, 7) is 3.30. The molecule has 2 saturated heterocycles. The SMILES string of the molecule is CCc1ccc([C@@H]2[C@H](C(=O)O)CCC(=O)N2C[C@@H]2CCCO2)cc1. The van der Waals surface area contributed by atoms with Crippen LogP contribution in [0.25, 0.3) is 0 Å². The lowest BCUT2D eigenvalue weighted by atomic mass is 9.83. The van der Waals surface area contributed by atoms with Crippen LogP contribution in [0.2, 0.25) is 0 Å². The van der Waals surface area contributed by atoms with Gasteiger partial charge in [0.2, 0.25) is 5.91 Å². The Bertz CT molecular complexity index is 592. The topological polar surface area (TPSA) is 66.8 Å². The minimum Gasteiger partial charge on any atom is -0.481 e. The number of aliphatic carboxylic acids is 1. The van der Waals surface area contributed by atoms with Crippen molar-refractivity contribution in [1.29, 1.82) is 0 Å². The molecule has 2 fully saturated rings. The number of amides is 1. The van der Waals surface area contributed by atoms with E-state index in [2.05, 4.69) is 6.92 Å². The van der Waals surface area contributed by atoms with Crippen LogP contribution >= 0.6 is 0 Å². The van der Waals surface area contributed by atoms with E-state index in [0.29, 0.717) is 19.4 Å². The van der Waals surface area contributed by atoms with E-state index in [-0.39, 0.29) is 12.0 Å². The van der Waals surface area contributed by atoms with Crippen molar-refractivity contribution in [3.8, 4) is 0 Å². The second kappa shape index (κ2) is 7.34. The van der Waals surface area contributed by atoms with Gasteiger partial charge in [-0.05, 0) is 36.8 Å². The number of aryl methyl sites for hydroxylation is 1. The van der Waals surface area contributed by atoms with Gasteiger partial charge in [0, 0.05) is 19.6 Å². The molecule has 0 aliphatic carbocycles. The molecule has 24 heavy (non-hydrogen) atoms. The first-order valence-electron chi connectivity index (χ1n) is 8.83. The largest absolute Gasteiger partial charge is 0.481 e. The van der Waals surface area contributed by atoms with Crippen LogP contribution < -0.4 is 0 Å². The number of piperidine rings is 1. The molecule has 0 radical (unpaired) electrons. The standard InChI is InChI=1S/C19H25NO4/c1-2-13-5-7-14(8-6-13)18-16(19(22)23)9-10-17(21)20(18)12-15-4-3-11-24-15/h5-8,15-16,18H,2-4,9-12H2,1H3,(H,22,23)/t15-,16+,18+/m0/s1. The van der Waals surface area contributed by atoms with Gasteiger partial charge in [-0.1, -0.05) is 31.2 Å². The van der Waals surface area contributed by atoms with E-state index in [1.165, 1.54) is 5.56 Å². The van der Waals surface area contributed by atoms with Crippen LogP contribution in [0.1, 0.15) is 49.8 Å². The number of carbonyl (C=O) groups excluding carboxylic acids is 1. The van der Waals surface area contributed by atoms with Gasteiger partial charge in [-0.25, -0.2) is 0 Å². The van der Waals surface area contributed by atoms with Crippen molar-refractivity contribution >= 4 is 11.9 Å². The summed E-state index contributed by atoms with van der Waals surface area (Å²) >= 11 is 0. The van der Waals surface area contributed by atoms with E-state index in [0.717, 1.165) is 31.4 Å². The first kappa shape index (κ1) is 17.0. The van der Waals surface area contributed by atoms with Crippen LogP contribution in [0.4, 0.5) is 0 Å². The molecule has 5 nitrogen and oxygen atoms in total. The van der Waals surface area contributed by atoms with Crippen molar-refractivity contribution in [3.05, 3.63) is 35.4 Å². The van der Waals surface area contributed by atoms with Crippen LogP contribution in [-0.4, -0.2) is 41.1 Å². The van der Waals surface area contributed by atoms with Crippen LogP contribution in [-0.2, 0) is 20.7 Å². The summed E-state index contributed by atoms with van der Waals surface area (Å²) in [4.78, 5) is 26.1. The van der Waals surface area contributed by atoms with E-state index in [1.807, 2.05) is 24.3 Å². The summed E-state index contributed by atoms with van der Waals surface area (Å²) in [5.41, 5.74) is 2.11. The summed E-state index contributed by atoms with van der Waals surface area (Å²) in [5, 5.41) is 9.67. The fourth-order valence-electron chi connectivity index (χ4n) is 3.80. The second-order valence-corrected chi connectivity index (χ2v) is 6.70.